The second kappa shape index (κ2) is 9.93. The van der Waals surface area contributed by atoms with Crippen molar-refractivity contribution in [2.45, 2.75) is 37.4 Å². The molecule has 0 aliphatic heterocycles. The van der Waals surface area contributed by atoms with Gasteiger partial charge in [-0.15, -0.1) is 0 Å². The van der Waals surface area contributed by atoms with Gasteiger partial charge in [0.2, 0.25) is 0 Å². The Balaban J connectivity index is 2.06. The van der Waals surface area contributed by atoms with Gasteiger partial charge in [0.05, 0.1) is 4.90 Å². The lowest BCUT2D eigenvalue weighted by Crippen LogP contribution is -2.14. The van der Waals surface area contributed by atoms with Gasteiger partial charge in [0.25, 0.3) is 0 Å². The minimum absolute atomic E-state index is 0.0444. The molecule has 9 heteroatoms. The number of phenols is 1. The van der Waals surface area contributed by atoms with Gasteiger partial charge in [0, 0.05) is 35.7 Å². The highest BCUT2D eigenvalue weighted by Crippen LogP contribution is 2.38. The first-order valence-electron chi connectivity index (χ1n) is 10.4. The number of nitrogens with one attached hydrogen (secondary N) is 1. The Hall–Kier alpha value is -2.91. The molecular formula is C24H25F3N2O3S. The average Bonchev–Trinajstić information content (AvgIpc) is 2.77. The summed E-state index contributed by atoms with van der Waals surface area (Å²) >= 11 is 0. The summed E-state index contributed by atoms with van der Waals surface area (Å²) in [6.07, 6.45) is -0.379. The fraction of sp³-hybridized carbons (Fsp3) is 0.292. The van der Waals surface area contributed by atoms with Crippen molar-refractivity contribution in [1.29, 1.82) is 0 Å². The van der Waals surface area contributed by atoms with E-state index >= 15 is 0 Å². The van der Waals surface area contributed by atoms with Crippen molar-refractivity contribution in [2.24, 2.45) is 0 Å². The van der Waals surface area contributed by atoms with Crippen LogP contribution in [0.25, 0.3) is 22.3 Å². The standard InChI is InChI=1S/C24H25F3N2O3S/c1-3-4-11-28-14-19-12-18(16-5-8-20(9-6-16)33(2,31)32)13-21(23(19)30)17-7-10-22(29-15-17)24(25,26)27/h5-10,12-13,15,28,30H,3-4,11,14H2,1-2H3. The highest BCUT2D eigenvalue weighted by molar-refractivity contribution is 7.90. The van der Waals surface area contributed by atoms with Crippen molar-refractivity contribution in [3.05, 3.63) is 66.0 Å². The van der Waals surface area contributed by atoms with Gasteiger partial charge >= 0.3 is 6.18 Å². The van der Waals surface area contributed by atoms with Crippen molar-refractivity contribution < 1.29 is 26.7 Å². The molecule has 1 aromatic heterocycles. The van der Waals surface area contributed by atoms with Crippen LogP contribution in [0.4, 0.5) is 13.2 Å². The smallest absolute Gasteiger partial charge is 0.433 e. The minimum Gasteiger partial charge on any atom is -0.507 e. The van der Waals surface area contributed by atoms with E-state index in [1.807, 2.05) is 0 Å². The van der Waals surface area contributed by atoms with Crippen molar-refractivity contribution >= 4 is 9.84 Å². The number of halogens is 3. The van der Waals surface area contributed by atoms with E-state index in [0.717, 1.165) is 37.9 Å². The summed E-state index contributed by atoms with van der Waals surface area (Å²) in [5.41, 5.74) is 1.64. The normalized spacial score (nSPS) is 12.2. The molecule has 0 spiro atoms. The second-order valence-electron chi connectivity index (χ2n) is 7.79. The van der Waals surface area contributed by atoms with Crippen molar-refractivity contribution in [1.82, 2.24) is 10.3 Å². The van der Waals surface area contributed by atoms with Crippen LogP contribution in [0.15, 0.2) is 59.6 Å². The molecule has 0 aliphatic rings. The molecule has 0 radical (unpaired) electrons. The molecule has 0 bridgehead atoms. The second-order valence-corrected chi connectivity index (χ2v) is 9.80. The number of aromatic nitrogens is 1. The van der Waals surface area contributed by atoms with Gasteiger partial charge in [-0.25, -0.2) is 8.42 Å². The maximum atomic E-state index is 12.9. The number of rotatable bonds is 8. The third kappa shape index (κ3) is 6.11. The predicted molar refractivity (Wildman–Crippen MR) is 122 cm³/mol. The molecule has 3 aromatic rings. The number of pyridine rings is 1. The predicted octanol–water partition coefficient (Wildman–Crippen LogP) is 5.43. The Morgan fingerprint density at radius 1 is 1.00 bits per heavy atom. The molecule has 0 unspecified atom stereocenters. The summed E-state index contributed by atoms with van der Waals surface area (Å²) in [6.45, 7) is 3.18. The van der Waals surface area contributed by atoms with E-state index in [2.05, 4.69) is 17.2 Å². The number of alkyl halides is 3. The Morgan fingerprint density at radius 3 is 2.21 bits per heavy atom. The largest absolute Gasteiger partial charge is 0.507 e. The van der Waals surface area contributed by atoms with Crippen molar-refractivity contribution in [3.63, 3.8) is 0 Å². The fourth-order valence-electron chi connectivity index (χ4n) is 3.36. The molecule has 176 valence electrons. The number of phenolic OH excluding ortho intramolecular Hbond substituents is 1. The lowest BCUT2D eigenvalue weighted by molar-refractivity contribution is -0.141. The zero-order chi connectivity index (χ0) is 24.2. The molecule has 0 saturated heterocycles. The first kappa shape index (κ1) is 24.7. The third-order valence-corrected chi connectivity index (χ3v) is 6.32. The quantitative estimate of drug-likeness (QED) is 0.422. The zero-order valence-electron chi connectivity index (χ0n) is 18.3. The summed E-state index contributed by atoms with van der Waals surface area (Å²) in [5.74, 6) is -0.0444. The molecule has 5 nitrogen and oxygen atoms in total. The third-order valence-electron chi connectivity index (χ3n) is 5.19. The molecular weight excluding hydrogens is 453 g/mol. The Bertz CT molecular complexity index is 1210. The number of hydrogen-bond acceptors (Lipinski definition) is 5. The zero-order valence-corrected chi connectivity index (χ0v) is 19.1. The topological polar surface area (TPSA) is 79.3 Å². The Labute approximate surface area is 191 Å². The number of hydrogen-bond donors (Lipinski definition) is 2. The summed E-state index contributed by atoms with van der Waals surface area (Å²) in [4.78, 5) is 3.69. The van der Waals surface area contributed by atoms with Crippen LogP contribution >= 0.6 is 0 Å². The van der Waals surface area contributed by atoms with Crippen molar-refractivity contribution in [3.8, 4) is 28.0 Å². The molecule has 0 amide bonds. The van der Waals surface area contributed by atoms with Crippen LogP contribution in [0, 0.1) is 0 Å². The Kier molecular flexibility index (Phi) is 7.44. The van der Waals surface area contributed by atoms with Crippen LogP contribution in [-0.2, 0) is 22.6 Å². The summed E-state index contributed by atoms with van der Waals surface area (Å²) < 4.78 is 62.2. The number of unbranched alkanes of at least 4 members (excludes halogenated alkanes) is 1. The average molecular weight is 479 g/mol. The van der Waals surface area contributed by atoms with Gasteiger partial charge < -0.3 is 10.4 Å². The van der Waals surface area contributed by atoms with E-state index in [4.69, 9.17) is 0 Å². The monoisotopic (exact) mass is 478 g/mol. The maximum absolute atomic E-state index is 12.9. The van der Waals surface area contributed by atoms with Crippen LogP contribution in [0.5, 0.6) is 5.75 Å². The van der Waals surface area contributed by atoms with Crippen LogP contribution < -0.4 is 5.32 Å². The molecule has 1 heterocycles. The molecule has 2 aromatic carbocycles. The molecule has 3 rings (SSSR count). The van der Waals surface area contributed by atoms with Gasteiger partial charge in [-0.2, -0.15) is 13.2 Å². The minimum atomic E-state index is -4.56. The van der Waals surface area contributed by atoms with Crippen LogP contribution in [0.1, 0.15) is 31.0 Å². The summed E-state index contributed by atoms with van der Waals surface area (Å²) in [7, 11) is -3.35. The Morgan fingerprint density at radius 2 is 1.67 bits per heavy atom. The molecule has 0 saturated carbocycles. The van der Waals surface area contributed by atoms with Crippen LogP contribution in [-0.4, -0.2) is 31.3 Å². The highest BCUT2D eigenvalue weighted by atomic mass is 32.2. The van der Waals surface area contributed by atoms with E-state index in [1.54, 1.807) is 24.3 Å². The molecule has 0 fully saturated rings. The molecule has 0 atom stereocenters. The molecule has 0 aliphatic carbocycles. The van der Waals surface area contributed by atoms with E-state index < -0.39 is 21.7 Å². The van der Waals surface area contributed by atoms with Crippen LogP contribution in [0.3, 0.4) is 0 Å². The van der Waals surface area contributed by atoms with E-state index in [1.165, 1.54) is 18.2 Å². The lowest BCUT2D eigenvalue weighted by atomic mass is 9.95. The first-order chi connectivity index (χ1) is 15.5. The summed E-state index contributed by atoms with van der Waals surface area (Å²) in [5, 5.41) is 14.1. The van der Waals surface area contributed by atoms with Crippen molar-refractivity contribution in [2.75, 3.05) is 12.8 Å². The van der Waals surface area contributed by atoms with E-state index in [9.17, 15) is 26.7 Å². The maximum Gasteiger partial charge on any atom is 0.433 e. The summed E-state index contributed by atoms with van der Waals surface area (Å²) in [6, 6.07) is 11.9. The lowest BCUT2D eigenvalue weighted by Gasteiger charge is -2.15. The SMILES string of the molecule is CCCCNCc1cc(-c2ccc(S(C)(=O)=O)cc2)cc(-c2ccc(C(F)(F)F)nc2)c1O. The molecule has 2 N–H and O–H groups in total. The first-order valence-corrected chi connectivity index (χ1v) is 12.3. The van der Waals surface area contributed by atoms with E-state index in [-0.39, 0.29) is 10.6 Å². The number of aromatic hydroxyl groups is 1. The number of sulfone groups is 1. The van der Waals surface area contributed by atoms with E-state index in [0.29, 0.717) is 34.4 Å². The van der Waals surface area contributed by atoms with Gasteiger partial charge in [-0.3, -0.25) is 4.98 Å². The van der Waals surface area contributed by atoms with Gasteiger partial charge in [0.15, 0.2) is 9.84 Å². The van der Waals surface area contributed by atoms with Crippen LogP contribution in [0.2, 0.25) is 0 Å². The van der Waals surface area contributed by atoms with Gasteiger partial charge in [-0.05, 0) is 54.4 Å². The molecule has 33 heavy (non-hydrogen) atoms. The number of benzene rings is 2. The fourth-order valence-corrected chi connectivity index (χ4v) is 3.99. The number of nitrogens with zero attached hydrogens (tertiary/aromatic N) is 1. The highest BCUT2D eigenvalue weighted by Gasteiger charge is 2.32. The van der Waals surface area contributed by atoms with Gasteiger partial charge in [0.1, 0.15) is 11.4 Å². The van der Waals surface area contributed by atoms with Gasteiger partial charge in [-0.1, -0.05) is 31.5 Å².